The van der Waals surface area contributed by atoms with Gasteiger partial charge in [0.2, 0.25) is 0 Å². The second-order valence-corrected chi connectivity index (χ2v) is 4.29. The highest BCUT2D eigenvalue weighted by Crippen LogP contribution is 2.24. The summed E-state index contributed by atoms with van der Waals surface area (Å²) in [6.07, 6.45) is 0.985. The van der Waals surface area contributed by atoms with E-state index in [9.17, 15) is 4.39 Å². The SMILES string of the molecule is Cc1csc(N2CCCC(F)C2)n1. The molecular weight excluding hydrogens is 187 g/mol. The van der Waals surface area contributed by atoms with Crippen LogP contribution in [0.3, 0.4) is 0 Å². The zero-order valence-corrected chi connectivity index (χ0v) is 8.48. The van der Waals surface area contributed by atoms with Crippen LogP contribution in [0, 0.1) is 6.92 Å². The predicted octanol–water partition coefficient (Wildman–Crippen LogP) is 2.39. The van der Waals surface area contributed by atoms with Gasteiger partial charge in [-0.1, -0.05) is 0 Å². The number of hydrogen-bond acceptors (Lipinski definition) is 3. The van der Waals surface area contributed by atoms with Gasteiger partial charge >= 0.3 is 0 Å². The van der Waals surface area contributed by atoms with E-state index >= 15 is 0 Å². The van der Waals surface area contributed by atoms with Gasteiger partial charge in [-0.05, 0) is 19.8 Å². The highest BCUT2D eigenvalue weighted by Gasteiger charge is 2.20. The molecule has 0 amide bonds. The molecule has 2 rings (SSSR count). The summed E-state index contributed by atoms with van der Waals surface area (Å²) in [6, 6.07) is 0. The Balaban J connectivity index is 2.08. The van der Waals surface area contributed by atoms with Crippen molar-refractivity contribution in [1.29, 1.82) is 0 Å². The largest absolute Gasteiger partial charge is 0.345 e. The molecule has 0 N–H and O–H groups in total. The Hall–Kier alpha value is -0.640. The first-order valence-corrected chi connectivity index (χ1v) is 5.45. The Morgan fingerprint density at radius 1 is 1.69 bits per heavy atom. The Morgan fingerprint density at radius 2 is 2.54 bits per heavy atom. The minimum Gasteiger partial charge on any atom is -0.345 e. The average Bonchev–Trinajstić information content (AvgIpc) is 2.52. The molecule has 0 spiro atoms. The molecule has 1 aliphatic rings. The lowest BCUT2D eigenvalue weighted by Gasteiger charge is -2.28. The van der Waals surface area contributed by atoms with Crippen molar-refractivity contribution in [1.82, 2.24) is 4.98 Å². The maximum absolute atomic E-state index is 13.1. The van der Waals surface area contributed by atoms with Gasteiger partial charge < -0.3 is 4.90 Å². The molecule has 0 bridgehead atoms. The molecule has 1 unspecified atom stereocenters. The van der Waals surface area contributed by atoms with Crippen LogP contribution < -0.4 is 4.90 Å². The Bertz CT molecular complexity index is 287. The van der Waals surface area contributed by atoms with Gasteiger partial charge in [-0.15, -0.1) is 11.3 Å². The Labute approximate surface area is 81.4 Å². The molecule has 1 fully saturated rings. The monoisotopic (exact) mass is 200 g/mol. The fraction of sp³-hybridized carbons (Fsp3) is 0.667. The van der Waals surface area contributed by atoms with Crippen LogP contribution in [0.25, 0.3) is 0 Å². The maximum Gasteiger partial charge on any atom is 0.185 e. The molecule has 0 radical (unpaired) electrons. The van der Waals surface area contributed by atoms with Gasteiger partial charge in [-0.2, -0.15) is 0 Å². The van der Waals surface area contributed by atoms with Crippen molar-refractivity contribution in [3.63, 3.8) is 0 Å². The molecule has 72 valence electrons. The van der Waals surface area contributed by atoms with Crippen LogP contribution in [0.5, 0.6) is 0 Å². The van der Waals surface area contributed by atoms with Crippen molar-refractivity contribution in [2.75, 3.05) is 18.0 Å². The van der Waals surface area contributed by atoms with Crippen LogP contribution in [-0.4, -0.2) is 24.2 Å². The van der Waals surface area contributed by atoms with Crippen LogP contribution in [0.4, 0.5) is 9.52 Å². The molecule has 1 saturated heterocycles. The zero-order chi connectivity index (χ0) is 9.26. The van der Waals surface area contributed by atoms with Crippen LogP contribution in [0.15, 0.2) is 5.38 Å². The van der Waals surface area contributed by atoms with Gasteiger partial charge in [0.05, 0.1) is 12.2 Å². The van der Waals surface area contributed by atoms with E-state index < -0.39 is 6.17 Å². The molecule has 2 heterocycles. The summed E-state index contributed by atoms with van der Waals surface area (Å²) in [6.45, 7) is 3.44. The van der Waals surface area contributed by atoms with Crippen molar-refractivity contribution in [3.05, 3.63) is 11.1 Å². The summed E-state index contributed by atoms with van der Waals surface area (Å²) in [7, 11) is 0. The first kappa shape index (κ1) is 8.94. The zero-order valence-electron chi connectivity index (χ0n) is 7.66. The van der Waals surface area contributed by atoms with Crippen LogP contribution in [0.2, 0.25) is 0 Å². The number of halogens is 1. The summed E-state index contributed by atoms with van der Waals surface area (Å²) in [5.74, 6) is 0. The summed E-state index contributed by atoms with van der Waals surface area (Å²) >= 11 is 1.61. The van der Waals surface area contributed by atoms with E-state index in [1.165, 1.54) is 0 Å². The highest BCUT2D eigenvalue weighted by molar-refractivity contribution is 7.13. The van der Waals surface area contributed by atoms with E-state index in [1.807, 2.05) is 17.2 Å². The Kier molecular flexibility index (Phi) is 2.49. The number of aryl methyl sites for hydroxylation is 1. The maximum atomic E-state index is 13.1. The fourth-order valence-electron chi connectivity index (χ4n) is 1.59. The number of thiazole rings is 1. The summed E-state index contributed by atoms with van der Waals surface area (Å²) in [4.78, 5) is 6.39. The molecule has 13 heavy (non-hydrogen) atoms. The second kappa shape index (κ2) is 3.62. The smallest absolute Gasteiger partial charge is 0.185 e. The quantitative estimate of drug-likeness (QED) is 0.692. The predicted molar refractivity (Wildman–Crippen MR) is 53.2 cm³/mol. The molecule has 1 aromatic heterocycles. The second-order valence-electron chi connectivity index (χ2n) is 3.46. The third-order valence-corrected chi connectivity index (χ3v) is 3.26. The van der Waals surface area contributed by atoms with Crippen molar-refractivity contribution in [3.8, 4) is 0 Å². The van der Waals surface area contributed by atoms with Crippen molar-refractivity contribution < 1.29 is 4.39 Å². The van der Waals surface area contributed by atoms with Crippen LogP contribution >= 0.6 is 11.3 Å². The normalized spacial score (nSPS) is 23.5. The molecule has 1 atom stereocenters. The van der Waals surface area contributed by atoms with E-state index in [0.717, 1.165) is 23.8 Å². The molecule has 2 nitrogen and oxygen atoms in total. The lowest BCUT2D eigenvalue weighted by atomic mass is 10.1. The molecule has 1 aliphatic heterocycles. The van der Waals surface area contributed by atoms with Gasteiger partial charge in [0.15, 0.2) is 5.13 Å². The molecule has 1 aromatic rings. The summed E-state index contributed by atoms with van der Waals surface area (Å²) in [5.41, 5.74) is 1.03. The third kappa shape index (κ3) is 1.99. The summed E-state index contributed by atoms with van der Waals surface area (Å²) < 4.78 is 13.1. The molecule has 4 heteroatoms. The highest BCUT2D eigenvalue weighted by atomic mass is 32.1. The molecule has 0 aliphatic carbocycles. The number of nitrogens with zero attached hydrogens (tertiary/aromatic N) is 2. The van der Waals surface area contributed by atoms with Crippen molar-refractivity contribution in [2.24, 2.45) is 0 Å². The van der Waals surface area contributed by atoms with Crippen molar-refractivity contribution >= 4 is 16.5 Å². The minimum atomic E-state index is -0.669. The third-order valence-electron chi connectivity index (χ3n) is 2.24. The van der Waals surface area contributed by atoms with Gasteiger partial charge in [0.1, 0.15) is 6.17 Å². The van der Waals surface area contributed by atoms with Gasteiger partial charge in [-0.25, -0.2) is 9.37 Å². The lowest BCUT2D eigenvalue weighted by Crippen LogP contribution is -2.36. The van der Waals surface area contributed by atoms with E-state index in [0.29, 0.717) is 13.0 Å². The minimum absolute atomic E-state index is 0.521. The van der Waals surface area contributed by atoms with Gasteiger partial charge in [0.25, 0.3) is 0 Å². The number of aromatic nitrogens is 1. The van der Waals surface area contributed by atoms with Crippen molar-refractivity contribution in [2.45, 2.75) is 25.9 Å². The lowest BCUT2D eigenvalue weighted by molar-refractivity contribution is 0.286. The standard InChI is InChI=1S/C9H13FN2S/c1-7-6-13-9(11-7)12-4-2-3-8(10)5-12/h6,8H,2-5H2,1H3. The number of alkyl halides is 1. The van der Waals surface area contributed by atoms with E-state index in [2.05, 4.69) is 4.98 Å². The van der Waals surface area contributed by atoms with E-state index in [4.69, 9.17) is 0 Å². The number of piperidine rings is 1. The van der Waals surface area contributed by atoms with E-state index in [1.54, 1.807) is 11.3 Å². The summed E-state index contributed by atoms with van der Waals surface area (Å²) in [5, 5.41) is 2.98. The first-order valence-electron chi connectivity index (χ1n) is 4.57. The number of anilines is 1. The van der Waals surface area contributed by atoms with Crippen LogP contribution in [-0.2, 0) is 0 Å². The van der Waals surface area contributed by atoms with E-state index in [-0.39, 0.29) is 0 Å². The first-order chi connectivity index (χ1) is 6.25. The molecule has 0 aromatic carbocycles. The Morgan fingerprint density at radius 3 is 3.15 bits per heavy atom. The van der Waals surface area contributed by atoms with Gasteiger partial charge in [0, 0.05) is 11.9 Å². The van der Waals surface area contributed by atoms with Crippen LogP contribution in [0.1, 0.15) is 18.5 Å². The average molecular weight is 200 g/mol. The number of rotatable bonds is 1. The topological polar surface area (TPSA) is 16.1 Å². The number of hydrogen-bond donors (Lipinski definition) is 0. The van der Waals surface area contributed by atoms with Gasteiger partial charge in [-0.3, -0.25) is 0 Å². The molecule has 0 saturated carbocycles. The fourth-order valence-corrected chi connectivity index (χ4v) is 2.43. The molecular formula is C9H13FN2S.